The summed E-state index contributed by atoms with van der Waals surface area (Å²) in [6.45, 7) is 1.10. The van der Waals surface area contributed by atoms with E-state index in [2.05, 4.69) is 21.2 Å². The highest BCUT2D eigenvalue weighted by atomic mass is 79.9. The van der Waals surface area contributed by atoms with Crippen molar-refractivity contribution in [1.29, 1.82) is 0 Å². The maximum Gasteiger partial charge on any atom is 0.231 e. The van der Waals surface area contributed by atoms with E-state index in [9.17, 15) is 5.11 Å². The van der Waals surface area contributed by atoms with Crippen molar-refractivity contribution in [3.8, 4) is 17.2 Å². The Morgan fingerprint density at radius 1 is 1.19 bits per heavy atom. The van der Waals surface area contributed by atoms with E-state index in [1.807, 2.05) is 24.3 Å². The summed E-state index contributed by atoms with van der Waals surface area (Å²) in [6, 6.07) is 9.39. The van der Waals surface area contributed by atoms with Gasteiger partial charge in [0.2, 0.25) is 6.79 Å². The van der Waals surface area contributed by atoms with Gasteiger partial charge in [-0.05, 0) is 30.2 Å². The first kappa shape index (κ1) is 13.0. The molecule has 0 amide bonds. The Morgan fingerprint density at radius 3 is 3.00 bits per heavy atom. The van der Waals surface area contributed by atoms with Crippen LogP contribution in [0.5, 0.6) is 17.2 Å². The molecular formula is C16H14BrNO3. The predicted molar refractivity (Wildman–Crippen MR) is 81.9 cm³/mol. The Labute approximate surface area is 130 Å². The average Bonchev–Trinajstić information content (AvgIpc) is 2.99. The van der Waals surface area contributed by atoms with E-state index in [0.717, 1.165) is 45.6 Å². The van der Waals surface area contributed by atoms with E-state index < -0.39 is 0 Å². The van der Waals surface area contributed by atoms with Gasteiger partial charge in [-0.25, -0.2) is 0 Å². The molecule has 4 rings (SSSR count). The Balaban J connectivity index is 1.90. The number of ether oxygens (including phenoxy) is 2. The summed E-state index contributed by atoms with van der Waals surface area (Å²) in [5, 5.41) is 13.8. The van der Waals surface area contributed by atoms with Crippen molar-refractivity contribution in [2.24, 2.45) is 0 Å². The van der Waals surface area contributed by atoms with E-state index in [1.54, 1.807) is 6.07 Å². The van der Waals surface area contributed by atoms with Gasteiger partial charge < -0.3 is 19.9 Å². The van der Waals surface area contributed by atoms with Crippen LogP contribution in [0.25, 0.3) is 0 Å². The van der Waals surface area contributed by atoms with Crippen molar-refractivity contribution in [1.82, 2.24) is 5.32 Å². The molecule has 0 radical (unpaired) electrons. The number of rotatable bonds is 1. The highest BCUT2D eigenvalue weighted by Gasteiger charge is 2.30. The van der Waals surface area contributed by atoms with Crippen LogP contribution in [-0.4, -0.2) is 18.4 Å². The number of hydrogen-bond donors (Lipinski definition) is 2. The third-order valence-electron chi connectivity index (χ3n) is 4.03. The predicted octanol–water partition coefficient (Wildman–Crippen LogP) is 3.12. The number of halogens is 1. The van der Waals surface area contributed by atoms with Gasteiger partial charge in [0.05, 0.1) is 6.04 Å². The third-order valence-corrected chi connectivity index (χ3v) is 4.77. The topological polar surface area (TPSA) is 50.7 Å². The van der Waals surface area contributed by atoms with Crippen molar-refractivity contribution in [3.63, 3.8) is 0 Å². The SMILES string of the molecule is Oc1ccc(Br)c2c1C(c1cccc3c1OCO3)NCC2. The summed E-state index contributed by atoms with van der Waals surface area (Å²) < 4.78 is 12.1. The van der Waals surface area contributed by atoms with Crippen molar-refractivity contribution >= 4 is 15.9 Å². The highest BCUT2D eigenvalue weighted by molar-refractivity contribution is 9.10. The molecule has 2 N–H and O–H groups in total. The Morgan fingerprint density at radius 2 is 2.10 bits per heavy atom. The zero-order valence-corrected chi connectivity index (χ0v) is 12.8. The van der Waals surface area contributed by atoms with E-state index in [4.69, 9.17) is 9.47 Å². The number of para-hydroxylation sites is 1. The molecule has 0 fully saturated rings. The lowest BCUT2D eigenvalue weighted by atomic mass is 9.88. The van der Waals surface area contributed by atoms with Gasteiger partial charge in [-0.15, -0.1) is 0 Å². The molecule has 0 saturated heterocycles. The summed E-state index contributed by atoms with van der Waals surface area (Å²) in [5.74, 6) is 1.83. The molecular weight excluding hydrogens is 334 g/mol. The first-order chi connectivity index (χ1) is 10.3. The number of nitrogens with one attached hydrogen (secondary N) is 1. The third kappa shape index (κ3) is 2.00. The summed E-state index contributed by atoms with van der Waals surface area (Å²) in [6.07, 6.45) is 0.882. The zero-order valence-electron chi connectivity index (χ0n) is 11.2. The van der Waals surface area contributed by atoms with Gasteiger partial charge >= 0.3 is 0 Å². The number of aromatic hydroxyl groups is 1. The molecule has 2 aromatic carbocycles. The van der Waals surface area contributed by atoms with Gasteiger partial charge in [-0.2, -0.15) is 0 Å². The second kappa shape index (κ2) is 4.93. The highest BCUT2D eigenvalue weighted by Crippen LogP contribution is 2.45. The minimum Gasteiger partial charge on any atom is -0.508 e. The molecule has 0 saturated carbocycles. The number of fused-ring (bicyclic) bond motifs is 2. The molecule has 0 aromatic heterocycles. The van der Waals surface area contributed by atoms with E-state index in [1.165, 1.54) is 0 Å². The smallest absolute Gasteiger partial charge is 0.231 e. The molecule has 0 spiro atoms. The molecule has 1 unspecified atom stereocenters. The summed E-state index contributed by atoms with van der Waals surface area (Å²) in [4.78, 5) is 0. The van der Waals surface area contributed by atoms with Crippen LogP contribution >= 0.6 is 15.9 Å². The summed E-state index contributed by atoms with van der Waals surface area (Å²) in [7, 11) is 0. The van der Waals surface area contributed by atoms with Crippen molar-refractivity contribution in [3.05, 3.63) is 51.5 Å². The molecule has 2 aromatic rings. The van der Waals surface area contributed by atoms with Crippen LogP contribution in [0.1, 0.15) is 22.7 Å². The fourth-order valence-corrected chi connectivity index (χ4v) is 3.64. The van der Waals surface area contributed by atoms with Crippen LogP contribution < -0.4 is 14.8 Å². The number of hydrogen-bond acceptors (Lipinski definition) is 4. The minimum absolute atomic E-state index is 0.0945. The standard InChI is InChI=1S/C16H14BrNO3/c17-11-4-5-12(19)14-9(11)6-7-18-15(14)10-2-1-3-13-16(10)21-8-20-13/h1-5,15,18-19H,6-8H2. The number of phenols is 1. The molecule has 2 heterocycles. The lowest BCUT2D eigenvalue weighted by Gasteiger charge is -2.29. The van der Waals surface area contributed by atoms with Crippen LogP contribution in [0.15, 0.2) is 34.8 Å². The van der Waals surface area contributed by atoms with Crippen molar-refractivity contribution < 1.29 is 14.6 Å². The monoisotopic (exact) mass is 347 g/mol. The second-order valence-corrected chi connectivity index (χ2v) is 6.03. The maximum atomic E-state index is 10.3. The lowest BCUT2D eigenvalue weighted by molar-refractivity contribution is 0.173. The van der Waals surface area contributed by atoms with Crippen molar-refractivity contribution in [2.75, 3.05) is 13.3 Å². The van der Waals surface area contributed by atoms with E-state index in [0.29, 0.717) is 5.75 Å². The van der Waals surface area contributed by atoms with Crippen LogP contribution in [0.2, 0.25) is 0 Å². The van der Waals surface area contributed by atoms with Gasteiger partial charge in [0.15, 0.2) is 11.5 Å². The number of benzene rings is 2. The summed E-state index contributed by atoms with van der Waals surface area (Å²) in [5.41, 5.74) is 3.06. The fraction of sp³-hybridized carbons (Fsp3) is 0.250. The molecule has 2 aliphatic rings. The quantitative estimate of drug-likeness (QED) is 0.832. The first-order valence-corrected chi connectivity index (χ1v) is 7.67. The Kier molecular flexibility index (Phi) is 3.05. The largest absolute Gasteiger partial charge is 0.508 e. The van der Waals surface area contributed by atoms with Crippen LogP contribution in [-0.2, 0) is 6.42 Å². The normalized spacial score (nSPS) is 19.4. The molecule has 108 valence electrons. The molecule has 4 nitrogen and oxygen atoms in total. The van der Waals surface area contributed by atoms with Crippen LogP contribution in [0, 0.1) is 0 Å². The zero-order chi connectivity index (χ0) is 14.4. The molecule has 0 aliphatic carbocycles. The van der Waals surface area contributed by atoms with E-state index in [-0.39, 0.29) is 12.8 Å². The summed E-state index contributed by atoms with van der Waals surface area (Å²) >= 11 is 3.58. The average molecular weight is 348 g/mol. The van der Waals surface area contributed by atoms with Crippen LogP contribution in [0.4, 0.5) is 0 Å². The fourth-order valence-electron chi connectivity index (χ4n) is 3.09. The molecule has 5 heteroatoms. The van der Waals surface area contributed by atoms with Crippen molar-refractivity contribution in [2.45, 2.75) is 12.5 Å². The molecule has 1 atom stereocenters. The van der Waals surface area contributed by atoms with Gasteiger partial charge in [-0.1, -0.05) is 28.1 Å². The molecule has 0 bridgehead atoms. The maximum absolute atomic E-state index is 10.3. The van der Waals surface area contributed by atoms with E-state index >= 15 is 0 Å². The van der Waals surface area contributed by atoms with Gasteiger partial charge in [0.1, 0.15) is 5.75 Å². The lowest BCUT2D eigenvalue weighted by Crippen LogP contribution is -2.31. The van der Waals surface area contributed by atoms with Gasteiger partial charge in [-0.3, -0.25) is 0 Å². The second-order valence-electron chi connectivity index (χ2n) is 5.18. The number of phenolic OH excluding ortho intramolecular Hbond substituents is 1. The Hall–Kier alpha value is -1.72. The van der Waals surface area contributed by atoms with Gasteiger partial charge in [0, 0.05) is 22.1 Å². The van der Waals surface area contributed by atoms with Crippen LogP contribution in [0.3, 0.4) is 0 Å². The molecule has 21 heavy (non-hydrogen) atoms. The Bertz CT molecular complexity index is 717. The van der Waals surface area contributed by atoms with Gasteiger partial charge in [0.25, 0.3) is 0 Å². The molecule has 2 aliphatic heterocycles. The minimum atomic E-state index is -0.0945. The first-order valence-electron chi connectivity index (χ1n) is 6.88.